The molecular formula is C22H28N4O3. The van der Waals surface area contributed by atoms with Crippen molar-refractivity contribution < 1.29 is 9.47 Å². The van der Waals surface area contributed by atoms with Crippen molar-refractivity contribution in [2.24, 2.45) is 0 Å². The Labute approximate surface area is 170 Å². The number of aromatic nitrogens is 3. The summed E-state index contributed by atoms with van der Waals surface area (Å²) in [4.78, 5) is 19.6. The number of benzene rings is 1. The minimum absolute atomic E-state index is 0.0319. The number of likely N-dealkylation sites (tertiary alicyclic amines) is 1. The van der Waals surface area contributed by atoms with E-state index in [1.165, 1.54) is 0 Å². The number of nitrogens with zero attached hydrogens (tertiary/aromatic N) is 3. The van der Waals surface area contributed by atoms with Gasteiger partial charge in [-0.3, -0.25) is 14.8 Å². The maximum absolute atomic E-state index is 12.6. The Morgan fingerprint density at radius 3 is 2.76 bits per heavy atom. The van der Waals surface area contributed by atoms with Gasteiger partial charge in [0.25, 0.3) is 5.56 Å². The van der Waals surface area contributed by atoms with Crippen LogP contribution < -0.4 is 15.0 Å². The van der Waals surface area contributed by atoms with Gasteiger partial charge in [-0.2, -0.15) is 0 Å². The highest BCUT2D eigenvalue weighted by molar-refractivity contribution is 5.43. The molecule has 29 heavy (non-hydrogen) atoms. The van der Waals surface area contributed by atoms with Crippen LogP contribution in [0, 0.1) is 13.8 Å². The molecular weight excluding hydrogens is 368 g/mol. The highest BCUT2D eigenvalue weighted by Crippen LogP contribution is 2.34. The molecule has 3 heterocycles. The van der Waals surface area contributed by atoms with Gasteiger partial charge >= 0.3 is 0 Å². The smallest absolute Gasteiger partial charge is 0.275 e. The van der Waals surface area contributed by atoms with Crippen molar-refractivity contribution in [3.8, 4) is 11.5 Å². The van der Waals surface area contributed by atoms with Crippen molar-refractivity contribution in [3.63, 3.8) is 0 Å². The molecule has 0 bridgehead atoms. The molecule has 3 aromatic rings. The first-order valence-corrected chi connectivity index (χ1v) is 10.1. The number of H-pyrrole nitrogens is 1. The number of hydrogen-bond donors (Lipinski definition) is 1. The maximum atomic E-state index is 12.6. The molecule has 0 amide bonds. The number of ether oxygens (including phenoxy) is 2. The molecule has 1 atom stereocenters. The van der Waals surface area contributed by atoms with Gasteiger partial charge in [0.2, 0.25) is 0 Å². The van der Waals surface area contributed by atoms with Gasteiger partial charge in [-0.1, -0.05) is 6.42 Å². The molecule has 1 aromatic carbocycles. The Hall–Kier alpha value is -2.80. The van der Waals surface area contributed by atoms with E-state index in [4.69, 9.17) is 9.47 Å². The standard InChI is InChI=1S/C22H28N4O3/c1-14-15(2)23-21-12-18(24-26(21)22(14)27)19-7-5-6-10-25(19)13-16-11-17(28-3)8-9-20(16)29-4/h8-9,11-12,19,24H,5-7,10,13H2,1-4H3/t19-/m1/s1. The molecule has 7 nitrogen and oxygen atoms in total. The Bertz CT molecular complexity index is 1090. The molecule has 2 aromatic heterocycles. The summed E-state index contributed by atoms with van der Waals surface area (Å²) in [5, 5.41) is 3.31. The second-order valence-corrected chi connectivity index (χ2v) is 7.69. The van der Waals surface area contributed by atoms with E-state index in [2.05, 4.69) is 15.0 Å². The lowest BCUT2D eigenvalue weighted by molar-refractivity contribution is 0.135. The van der Waals surface area contributed by atoms with Gasteiger partial charge in [0.1, 0.15) is 11.5 Å². The monoisotopic (exact) mass is 396 g/mol. The summed E-state index contributed by atoms with van der Waals surface area (Å²) in [5.41, 5.74) is 4.23. The van der Waals surface area contributed by atoms with Gasteiger partial charge in [-0.25, -0.2) is 9.50 Å². The minimum atomic E-state index is -0.0319. The predicted octanol–water partition coefficient (Wildman–Crippen LogP) is 3.38. The topological polar surface area (TPSA) is 71.9 Å². The summed E-state index contributed by atoms with van der Waals surface area (Å²) in [7, 11) is 3.37. The number of piperidine rings is 1. The average molecular weight is 396 g/mol. The Morgan fingerprint density at radius 2 is 2.00 bits per heavy atom. The van der Waals surface area contributed by atoms with Crippen molar-refractivity contribution in [1.82, 2.24) is 19.5 Å². The van der Waals surface area contributed by atoms with Gasteiger partial charge in [0.15, 0.2) is 5.65 Å². The van der Waals surface area contributed by atoms with Crippen LogP contribution in [0.5, 0.6) is 11.5 Å². The van der Waals surface area contributed by atoms with E-state index in [1.807, 2.05) is 38.1 Å². The van der Waals surface area contributed by atoms with E-state index in [1.54, 1.807) is 18.7 Å². The van der Waals surface area contributed by atoms with Crippen LogP contribution in [0.1, 0.15) is 47.8 Å². The minimum Gasteiger partial charge on any atom is -0.497 e. The van der Waals surface area contributed by atoms with Crippen LogP contribution in [0.3, 0.4) is 0 Å². The van der Waals surface area contributed by atoms with E-state index in [-0.39, 0.29) is 11.6 Å². The van der Waals surface area contributed by atoms with Crippen LogP contribution in [0.2, 0.25) is 0 Å². The zero-order valence-electron chi connectivity index (χ0n) is 17.5. The number of hydrogen-bond acceptors (Lipinski definition) is 5. The number of aryl methyl sites for hydroxylation is 1. The van der Waals surface area contributed by atoms with Crippen molar-refractivity contribution in [1.29, 1.82) is 0 Å². The zero-order valence-corrected chi connectivity index (χ0v) is 17.5. The van der Waals surface area contributed by atoms with Gasteiger partial charge in [0, 0.05) is 29.4 Å². The summed E-state index contributed by atoms with van der Waals surface area (Å²) in [6.07, 6.45) is 3.34. The lowest BCUT2D eigenvalue weighted by atomic mass is 9.98. The van der Waals surface area contributed by atoms with Crippen molar-refractivity contribution in [2.45, 2.75) is 45.7 Å². The van der Waals surface area contributed by atoms with Crippen molar-refractivity contribution in [3.05, 3.63) is 57.1 Å². The fourth-order valence-electron chi connectivity index (χ4n) is 4.16. The van der Waals surface area contributed by atoms with E-state index in [0.29, 0.717) is 11.2 Å². The van der Waals surface area contributed by atoms with Crippen LogP contribution in [0.4, 0.5) is 0 Å². The fourth-order valence-corrected chi connectivity index (χ4v) is 4.16. The Balaban J connectivity index is 1.69. The van der Waals surface area contributed by atoms with Crippen molar-refractivity contribution >= 4 is 5.65 Å². The van der Waals surface area contributed by atoms with Gasteiger partial charge in [-0.05, 0) is 51.4 Å². The molecule has 0 aliphatic carbocycles. The van der Waals surface area contributed by atoms with Crippen LogP contribution in [-0.4, -0.2) is 40.3 Å². The third-order valence-electron chi connectivity index (χ3n) is 5.94. The number of aromatic amines is 1. The van der Waals surface area contributed by atoms with E-state index in [9.17, 15) is 4.79 Å². The molecule has 0 spiro atoms. The summed E-state index contributed by atoms with van der Waals surface area (Å²) in [6.45, 7) is 5.44. The third-order valence-corrected chi connectivity index (χ3v) is 5.94. The number of nitrogens with one attached hydrogen (secondary N) is 1. The predicted molar refractivity (Wildman–Crippen MR) is 112 cm³/mol. The number of methoxy groups -OCH3 is 2. The molecule has 1 saturated heterocycles. The molecule has 1 fully saturated rings. The Morgan fingerprint density at radius 1 is 1.17 bits per heavy atom. The molecule has 0 unspecified atom stereocenters. The fraction of sp³-hybridized carbons (Fsp3) is 0.455. The zero-order chi connectivity index (χ0) is 20.5. The SMILES string of the molecule is COc1ccc(OC)c(CN2CCCC[C@@H]2c2cc3nc(C)c(C)c(=O)n3[nH]2)c1. The highest BCUT2D eigenvalue weighted by atomic mass is 16.5. The second-order valence-electron chi connectivity index (χ2n) is 7.69. The second kappa shape index (κ2) is 7.91. The Kier molecular flexibility index (Phi) is 5.32. The van der Waals surface area contributed by atoms with E-state index in [0.717, 1.165) is 60.8 Å². The van der Waals surface area contributed by atoms with Crippen molar-refractivity contribution in [2.75, 3.05) is 20.8 Å². The summed E-state index contributed by atoms with van der Waals surface area (Å²) < 4.78 is 12.5. The highest BCUT2D eigenvalue weighted by Gasteiger charge is 2.27. The molecule has 1 aliphatic heterocycles. The van der Waals surface area contributed by atoms with Crippen LogP contribution in [0.15, 0.2) is 29.1 Å². The third kappa shape index (κ3) is 3.62. The maximum Gasteiger partial charge on any atom is 0.275 e. The van der Waals surface area contributed by atoms with Gasteiger partial charge in [0.05, 0.1) is 26.0 Å². The largest absolute Gasteiger partial charge is 0.497 e. The lowest BCUT2D eigenvalue weighted by Crippen LogP contribution is -2.33. The van der Waals surface area contributed by atoms with Crippen LogP contribution in [0.25, 0.3) is 5.65 Å². The number of fused-ring (bicyclic) bond motifs is 1. The summed E-state index contributed by atoms with van der Waals surface area (Å²) in [6, 6.07) is 8.11. The quantitative estimate of drug-likeness (QED) is 0.716. The average Bonchev–Trinajstić information content (AvgIpc) is 3.16. The molecule has 1 N–H and O–H groups in total. The first-order chi connectivity index (χ1) is 14.0. The molecule has 4 rings (SSSR count). The van der Waals surface area contributed by atoms with Crippen LogP contribution in [-0.2, 0) is 6.54 Å². The molecule has 0 radical (unpaired) electrons. The van der Waals surface area contributed by atoms with Crippen LogP contribution >= 0.6 is 0 Å². The van der Waals surface area contributed by atoms with E-state index >= 15 is 0 Å². The molecule has 0 saturated carbocycles. The van der Waals surface area contributed by atoms with Gasteiger partial charge < -0.3 is 9.47 Å². The first-order valence-electron chi connectivity index (χ1n) is 10.1. The summed E-state index contributed by atoms with van der Waals surface area (Å²) >= 11 is 0. The first kappa shape index (κ1) is 19.5. The van der Waals surface area contributed by atoms with E-state index < -0.39 is 0 Å². The lowest BCUT2D eigenvalue weighted by Gasteiger charge is -2.35. The normalized spacial score (nSPS) is 17.6. The number of rotatable bonds is 5. The molecule has 154 valence electrons. The molecule has 1 aliphatic rings. The molecule has 7 heteroatoms. The van der Waals surface area contributed by atoms with Gasteiger partial charge in [-0.15, -0.1) is 0 Å². The summed E-state index contributed by atoms with van der Waals surface area (Å²) in [5.74, 6) is 1.68.